The van der Waals surface area contributed by atoms with Gasteiger partial charge in [0.15, 0.2) is 10.9 Å². The number of hydrogen-bond acceptors (Lipinski definition) is 6. The number of hydrogen-bond donors (Lipinski definition) is 1. The quantitative estimate of drug-likeness (QED) is 0.865. The molecule has 0 aliphatic rings. The average Bonchev–Trinajstić information content (AvgIpc) is 2.47. The van der Waals surface area contributed by atoms with E-state index in [1.54, 1.807) is 30.5 Å². The summed E-state index contributed by atoms with van der Waals surface area (Å²) in [5.41, 5.74) is 0.309. The van der Waals surface area contributed by atoms with Crippen LogP contribution in [0.2, 0.25) is 0 Å². The van der Waals surface area contributed by atoms with Gasteiger partial charge in [-0.3, -0.25) is 14.4 Å². The van der Waals surface area contributed by atoms with Gasteiger partial charge in [-0.1, -0.05) is 30.0 Å². The monoisotopic (exact) mass is 318 g/mol. The number of para-hydroxylation sites is 1. The molecule has 114 valence electrons. The fourth-order valence-corrected chi connectivity index (χ4v) is 2.38. The Labute approximate surface area is 130 Å². The SMILES string of the molecule is CSc1nc(=O)c(-c2ccccc2NC(C)=O)nn1C(C)=O. The summed E-state index contributed by atoms with van der Waals surface area (Å²) in [6, 6.07) is 6.72. The van der Waals surface area contributed by atoms with Gasteiger partial charge < -0.3 is 5.32 Å². The lowest BCUT2D eigenvalue weighted by Gasteiger charge is -2.11. The Morgan fingerprint density at radius 2 is 1.91 bits per heavy atom. The number of carbonyl (C=O) groups is 2. The van der Waals surface area contributed by atoms with E-state index >= 15 is 0 Å². The number of anilines is 1. The minimum absolute atomic E-state index is 0.0114. The third-order valence-corrected chi connectivity index (χ3v) is 3.38. The number of rotatable bonds is 3. The van der Waals surface area contributed by atoms with Crippen LogP contribution in [0.15, 0.2) is 34.2 Å². The maximum Gasteiger partial charge on any atom is 0.300 e. The van der Waals surface area contributed by atoms with Gasteiger partial charge in [0.2, 0.25) is 11.8 Å². The number of nitrogens with one attached hydrogen (secondary N) is 1. The van der Waals surface area contributed by atoms with Crippen LogP contribution in [0.5, 0.6) is 0 Å². The summed E-state index contributed by atoms with van der Waals surface area (Å²) in [5, 5.41) is 6.95. The molecule has 7 nitrogen and oxygen atoms in total. The Kier molecular flexibility index (Phi) is 4.71. The molecule has 0 atom stereocenters. The first-order chi connectivity index (χ1) is 10.4. The van der Waals surface area contributed by atoms with Gasteiger partial charge in [0.25, 0.3) is 0 Å². The Morgan fingerprint density at radius 3 is 2.50 bits per heavy atom. The third kappa shape index (κ3) is 3.22. The van der Waals surface area contributed by atoms with E-state index in [0.717, 1.165) is 16.4 Å². The first kappa shape index (κ1) is 15.9. The number of amides is 1. The second-order valence-electron chi connectivity index (χ2n) is 4.41. The Bertz CT molecular complexity index is 801. The van der Waals surface area contributed by atoms with Crippen molar-refractivity contribution in [3.63, 3.8) is 0 Å². The Balaban J connectivity index is 2.68. The van der Waals surface area contributed by atoms with E-state index in [0.29, 0.717) is 11.3 Å². The molecule has 1 aromatic heterocycles. The molecular weight excluding hydrogens is 304 g/mol. The van der Waals surface area contributed by atoms with Gasteiger partial charge in [-0.2, -0.15) is 14.8 Å². The molecule has 22 heavy (non-hydrogen) atoms. The molecular formula is C14H14N4O3S. The first-order valence-electron chi connectivity index (χ1n) is 6.37. The van der Waals surface area contributed by atoms with Crippen LogP contribution in [0.4, 0.5) is 5.69 Å². The smallest absolute Gasteiger partial charge is 0.300 e. The summed E-state index contributed by atoms with van der Waals surface area (Å²) >= 11 is 1.16. The molecule has 1 N–H and O–H groups in total. The zero-order chi connectivity index (χ0) is 16.3. The average molecular weight is 318 g/mol. The van der Waals surface area contributed by atoms with E-state index in [2.05, 4.69) is 15.4 Å². The maximum atomic E-state index is 12.2. The van der Waals surface area contributed by atoms with Gasteiger partial charge in [0.1, 0.15) is 0 Å². The van der Waals surface area contributed by atoms with E-state index in [4.69, 9.17) is 0 Å². The van der Waals surface area contributed by atoms with Crippen LogP contribution in [-0.4, -0.2) is 32.8 Å². The molecule has 0 aliphatic heterocycles. The number of carbonyl (C=O) groups excluding carboxylic acids is 2. The highest BCUT2D eigenvalue weighted by molar-refractivity contribution is 7.98. The minimum Gasteiger partial charge on any atom is -0.326 e. The molecule has 8 heteroatoms. The molecule has 0 saturated heterocycles. The number of aromatic nitrogens is 3. The highest BCUT2D eigenvalue weighted by Gasteiger charge is 2.16. The molecule has 0 bridgehead atoms. The predicted octanol–water partition coefficient (Wildman–Crippen LogP) is 1.65. The summed E-state index contributed by atoms with van der Waals surface area (Å²) < 4.78 is 1.08. The molecule has 1 heterocycles. The fraction of sp³-hybridized carbons (Fsp3) is 0.214. The number of thioether (sulfide) groups is 1. The van der Waals surface area contributed by atoms with Crippen molar-refractivity contribution in [3.05, 3.63) is 34.6 Å². The van der Waals surface area contributed by atoms with Crippen molar-refractivity contribution < 1.29 is 9.59 Å². The van der Waals surface area contributed by atoms with E-state index in [1.807, 2.05) is 0 Å². The van der Waals surface area contributed by atoms with Crippen LogP contribution < -0.4 is 10.9 Å². The van der Waals surface area contributed by atoms with E-state index < -0.39 is 5.56 Å². The highest BCUT2D eigenvalue weighted by atomic mass is 32.2. The number of nitrogens with zero attached hydrogens (tertiary/aromatic N) is 3. The fourth-order valence-electron chi connectivity index (χ4n) is 1.87. The second-order valence-corrected chi connectivity index (χ2v) is 5.18. The summed E-state index contributed by atoms with van der Waals surface area (Å²) in [6.07, 6.45) is 1.70. The Morgan fingerprint density at radius 1 is 1.23 bits per heavy atom. The molecule has 0 radical (unpaired) electrons. The third-order valence-electron chi connectivity index (χ3n) is 2.75. The van der Waals surface area contributed by atoms with Gasteiger partial charge in [-0.25, -0.2) is 0 Å². The van der Waals surface area contributed by atoms with Crippen molar-refractivity contribution in [2.45, 2.75) is 19.0 Å². The summed E-state index contributed by atoms with van der Waals surface area (Å²) in [6.45, 7) is 2.70. The Hall–Kier alpha value is -2.48. The van der Waals surface area contributed by atoms with Crippen molar-refractivity contribution in [1.82, 2.24) is 14.8 Å². The summed E-state index contributed by atoms with van der Waals surface area (Å²) in [4.78, 5) is 39.0. The summed E-state index contributed by atoms with van der Waals surface area (Å²) in [5.74, 6) is -0.622. The zero-order valence-electron chi connectivity index (χ0n) is 12.3. The van der Waals surface area contributed by atoms with Crippen molar-refractivity contribution in [2.24, 2.45) is 0 Å². The minimum atomic E-state index is -0.556. The van der Waals surface area contributed by atoms with Crippen molar-refractivity contribution >= 4 is 29.3 Å². The molecule has 1 amide bonds. The van der Waals surface area contributed by atoms with Crippen molar-refractivity contribution in [2.75, 3.05) is 11.6 Å². The van der Waals surface area contributed by atoms with Crippen LogP contribution in [0.25, 0.3) is 11.3 Å². The van der Waals surface area contributed by atoms with Crippen LogP contribution >= 0.6 is 11.8 Å². The molecule has 1 aromatic carbocycles. The van der Waals surface area contributed by atoms with E-state index in [-0.39, 0.29) is 22.7 Å². The maximum absolute atomic E-state index is 12.2. The largest absolute Gasteiger partial charge is 0.326 e. The molecule has 0 fully saturated rings. The topological polar surface area (TPSA) is 93.9 Å². The molecule has 0 spiro atoms. The second kappa shape index (κ2) is 6.52. The lowest BCUT2D eigenvalue weighted by Crippen LogP contribution is -2.24. The lowest BCUT2D eigenvalue weighted by molar-refractivity contribution is -0.114. The standard InChI is InChI=1S/C14H14N4O3S/c1-8(19)15-11-7-5-4-6-10(11)12-13(21)16-14(22-3)18(17-12)9(2)20/h4-7H,1-3H3,(H,15,19). The lowest BCUT2D eigenvalue weighted by atomic mass is 10.1. The normalized spacial score (nSPS) is 10.3. The van der Waals surface area contributed by atoms with Gasteiger partial charge in [-0.05, 0) is 12.3 Å². The van der Waals surface area contributed by atoms with Crippen molar-refractivity contribution in [1.29, 1.82) is 0 Å². The predicted molar refractivity (Wildman–Crippen MR) is 84.1 cm³/mol. The van der Waals surface area contributed by atoms with E-state index in [1.165, 1.54) is 13.8 Å². The highest BCUT2D eigenvalue weighted by Crippen LogP contribution is 2.24. The molecule has 0 unspecified atom stereocenters. The van der Waals surface area contributed by atoms with Crippen molar-refractivity contribution in [3.8, 4) is 11.3 Å². The molecule has 2 aromatic rings. The van der Waals surface area contributed by atoms with Crippen LogP contribution in [0, 0.1) is 0 Å². The molecule has 0 saturated carbocycles. The zero-order valence-corrected chi connectivity index (χ0v) is 13.1. The van der Waals surface area contributed by atoms with Crippen LogP contribution in [0.3, 0.4) is 0 Å². The van der Waals surface area contributed by atoms with Gasteiger partial charge in [-0.15, -0.1) is 0 Å². The van der Waals surface area contributed by atoms with Crippen LogP contribution in [-0.2, 0) is 4.79 Å². The molecule has 0 aliphatic carbocycles. The summed E-state index contributed by atoms with van der Waals surface area (Å²) in [7, 11) is 0. The van der Waals surface area contributed by atoms with Gasteiger partial charge in [0, 0.05) is 19.4 Å². The first-order valence-corrected chi connectivity index (χ1v) is 7.59. The number of benzene rings is 1. The van der Waals surface area contributed by atoms with Gasteiger partial charge >= 0.3 is 5.56 Å². The van der Waals surface area contributed by atoms with Crippen LogP contribution in [0.1, 0.15) is 18.6 Å². The molecule has 2 rings (SSSR count). The van der Waals surface area contributed by atoms with Gasteiger partial charge in [0.05, 0.1) is 5.69 Å². The van der Waals surface area contributed by atoms with E-state index in [9.17, 15) is 14.4 Å².